The van der Waals surface area contributed by atoms with E-state index in [0.29, 0.717) is 28.2 Å². The lowest BCUT2D eigenvalue weighted by atomic mass is 10.2. The summed E-state index contributed by atoms with van der Waals surface area (Å²) < 4.78 is 7.27. The van der Waals surface area contributed by atoms with Gasteiger partial charge in [-0.3, -0.25) is 4.79 Å². The summed E-state index contributed by atoms with van der Waals surface area (Å²) >= 11 is 0. The quantitative estimate of drug-likeness (QED) is 0.617. The molecule has 0 saturated heterocycles. The van der Waals surface area contributed by atoms with Gasteiger partial charge in [0.05, 0.1) is 11.8 Å². The standard InChI is InChI=1S/C18H17N5O2/c1-10(2)23-17-12(9-20-23)6-13(8-19-17)18(24)22-14-4-5-16-15(7-14)21-11(3)25-16/h4-10H,1-3H3,(H,22,24). The monoisotopic (exact) mass is 335 g/mol. The van der Waals surface area contributed by atoms with E-state index in [1.165, 1.54) is 0 Å². The summed E-state index contributed by atoms with van der Waals surface area (Å²) in [6, 6.07) is 7.36. The first kappa shape index (κ1) is 15.3. The number of anilines is 1. The van der Waals surface area contributed by atoms with Gasteiger partial charge in [-0.2, -0.15) is 5.10 Å². The molecule has 4 rings (SSSR count). The van der Waals surface area contributed by atoms with Crippen LogP contribution in [0.1, 0.15) is 36.1 Å². The summed E-state index contributed by atoms with van der Waals surface area (Å²) in [6.45, 7) is 5.86. The van der Waals surface area contributed by atoms with Crippen molar-refractivity contribution in [1.29, 1.82) is 0 Å². The van der Waals surface area contributed by atoms with Crippen molar-refractivity contribution >= 4 is 33.7 Å². The molecule has 0 saturated carbocycles. The Morgan fingerprint density at radius 3 is 2.88 bits per heavy atom. The molecule has 3 heterocycles. The maximum Gasteiger partial charge on any atom is 0.257 e. The van der Waals surface area contributed by atoms with E-state index in [-0.39, 0.29) is 11.9 Å². The van der Waals surface area contributed by atoms with Gasteiger partial charge in [0.2, 0.25) is 0 Å². The van der Waals surface area contributed by atoms with Crippen molar-refractivity contribution in [1.82, 2.24) is 19.7 Å². The minimum Gasteiger partial charge on any atom is -0.441 e. The fourth-order valence-electron chi connectivity index (χ4n) is 2.77. The third kappa shape index (κ3) is 2.73. The predicted octanol–water partition coefficient (Wildman–Crippen LogP) is 3.71. The largest absolute Gasteiger partial charge is 0.441 e. The molecule has 0 fully saturated rings. The molecule has 0 unspecified atom stereocenters. The Morgan fingerprint density at radius 2 is 2.08 bits per heavy atom. The van der Waals surface area contributed by atoms with Crippen LogP contribution >= 0.6 is 0 Å². The number of hydrogen-bond acceptors (Lipinski definition) is 5. The second kappa shape index (κ2) is 5.70. The minimum absolute atomic E-state index is 0.210. The maximum atomic E-state index is 12.5. The van der Waals surface area contributed by atoms with Crippen LogP contribution in [0.25, 0.3) is 22.1 Å². The summed E-state index contributed by atoms with van der Waals surface area (Å²) in [5.41, 5.74) is 3.31. The zero-order chi connectivity index (χ0) is 17.6. The first-order chi connectivity index (χ1) is 12.0. The molecule has 0 bridgehead atoms. The van der Waals surface area contributed by atoms with Crippen LogP contribution in [0.2, 0.25) is 0 Å². The molecule has 0 aliphatic heterocycles. The first-order valence-corrected chi connectivity index (χ1v) is 8.03. The Balaban J connectivity index is 1.62. The molecule has 0 radical (unpaired) electrons. The molecule has 1 amide bonds. The van der Waals surface area contributed by atoms with Crippen LogP contribution in [0, 0.1) is 6.92 Å². The van der Waals surface area contributed by atoms with E-state index in [2.05, 4.69) is 20.4 Å². The highest BCUT2D eigenvalue weighted by Gasteiger charge is 2.12. The zero-order valence-corrected chi connectivity index (χ0v) is 14.1. The molecule has 126 valence electrons. The lowest BCUT2D eigenvalue weighted by Gasteiger charge is -2.07. The topological polar surface area (TPSA) is 85.8 Å². The van der Waals surface area contributed by atoms with E-state index in [9.17, 15) is 4.79 Å². The van der Waals surface area contributed by atoms with Crippen molar-refractivity contribution < 1.29 is 9.21 Å². The van der Waals surface area contributed by atoms with Gasteiger partial charge in [-0.25, -0.2) is 14.6 Å². The highest BCUT2D eigenvalue weighted by atomic mass is 16.3. The molecule has 0 atom stereocenters. The van der Waals surface area contributed by atoms with Crippen molar-refractivity contribution in [3.05, 3.63) is 48.1 Å². The molecule has 7 heteroatoms. The molecule has 0 spiro atoms. The maximum absolute atomic E-state index is 12.5. The fraction of sp³-hybridized carbons (Fsp3) is 0.222. The summed E-state index contributed by atoms with van der Waals surface area (Å²) in [5.74, 6) is 0.363. The Kier molecular flexibility index (Phi) is 3.49. The number of benzene rings is 1. The number of oxazole rings is 1. The average Bonchev–Trinajstić information content (AvgIpc) is 3.15. The molecule has 0 aliphatic carbocycles. The number of nitrogens with zero attached hydrogens (tertiary/aromatic N) is 4. The van der Waals surface area contributed by atoms with Gasteiger partial charge < -0.3 is 9.73 Å². The number of fused-ring (bicyclic) bond motifs is 2. The molecule has 4 aromatic rings. The molecule has 1 aromatic carbocycles. The summed E-state index contributed by atoms with van der Waals surface area (Å²) in [5, 5.41) is 8.02. The number of nitrogens with one attached hydrogen (secondary N) is 1. The van der Waals surface area contributed by atoms with Crippen LogP contribution in [0.5, 0.6) is 0 Å². The number of carbonyl (C=O) groups excluding carboxylic acids is 1. The fourth-order valence-corrected chi connectivity index (χ4v) is 2.77. The molecular formula is C18H17N5O2. The minimum atomic E-state index is -0.230. The molecule has 25 heavy (non-hydrogen) atoms. The number of rotatable bonds is 3. The van der Waals surface area contributed by atoms with Gasteiger partial charge in [-0.1, -0.05) is 0 Å². The van der Waals surface area contributed by atoms with E-state index in [0.717, 1.165) is 11.0 Å². The SMILES string of the molecule is Cc1nc2cc(NC(=O)c3cnc4c(cnn4C(C)C)c3)ccc2o1. The molecule has 0 aliphatic rings. The summed E-state index contributed by atoms with van der Waals surface area (Å²) in [7, 11) is 0. The Bertz CT molecular complexity index is 1090. The van der Waals surface area contributed by atoms with Crippen molar-refractivity contribution in [2.24, 2.45) is 0 Å². The van der Waals surface area contributed by atoms with Crippen LogP contribution in [-0.2, 0) is 0 Å². The van der Waals surface area contributed by atoms with Gasteiger partial charge in [0.1, 0.15) is 5.52 Å². The van der Waals surface area contributed by atoms with Gasteiger partial charge in [0.15, 0.2) is 17.1 Å². The number of aryl methyl sites for hydroxylation is 1. The van der Waals surface area contributed by atoms with E-state index < -0.39 is 0 Å². The van der Waals surface area contributed by atoms with E-state index in [4.69, 9.17) is 4.42 Å². The smallest absolute Gasteiger partial charge is 0.257 e. The van der Waals surface area contributed by atoms with Crippen LogP contribution < -0.4 is 5.32 Å². The lowest BCUT2D eigenvalue weighted by molar-refractivity contribution is 0.102. The highest BCUT2D eigenvalue weighted by Crippen LogP contribution is 2.21. The van der Waals surface area contributed by atoms with Crippen LogP contribution in [0.4, 0.5) is 5.69 Å². The van der Waals surface area contributed by atoms with Crippen molar-refractivity contribution in [2.75, 3.05) is 5.32 Å². The normalized spacial score (nSPS) is 11.5. The molecular weight excluding hydrogens is 318 g/mol. The van der Waals surface area contributed by atoms with Gasteiger partial charge in [-0.05, 0) is 38.1 Å². The molecule has 7 nitrogen and oxygen atoms in total. The summed E-state index contributed by atoms with van der Waals surface area (Å²) in [4.78, 5) is 21.2. The first-order valence-electron chi connectivity index (χ1n) is 8.03. The average molecular weight is 335 g/mol. The van der Waals surface area contributed by atoms with Crippen molar-refractivity contribution in [2.45, 2.75) is 26.8 Å². The van der Waals surface area contributed by atoms with E-state index in [1.54, 1.807) is 43.6 Å². The number of carbonyl (C=O) groups is 1. The van der Waals surface area contributed by atoms with Gasteiger partial charge in [0, 0.05) is 30.2 Å². The molecule has 1 N–H and O–H groups in total. The highest BCUT2D eigenvalue weighted by molar-refractivity contribution is 6.06. The van der Waals surface area contributed by atoms with Crippen molar-refractivity contribution in [3.63, 3.8) is 0 Å². The van der Waals surface area contributed by atoms with Crippen LogP contribution in [0.3, 0.4) is 0 Å². The van der Waals surface area contributed by atoms with Gasteiger partial charge >= 0.3 is 0 Å². The third-order valence-electron chi connectivity index (χ3n) is 3.94. The Hall–Kier alpha value is -3.22. The lowest BCUT2D eigenvalue weighted by Crippen LogP contribution is -2.12. The summed E-state index contributed by atoms with van der Waals surface area (Å²) in [6.07, 6.45) is 3.29. The predicted molar refractivity (Wildman–Crippen MR) is 94.6 cm³/mol. The van der Waals surface area contributed by atoms with Crippen molar-refractivity contribution in [3.8, 4) is 0 Å². The number of pyridine rings is 1. The number of hydrogen-bond donors (Lipinski definition) is 1. The third-order valence-corrected chi connectivity index (χ3v) is 3.94. The van der Waals surface area contributed by atoms with Gasteiger partial charge in [0.25, 0.3) is 5.91 Å². The van der Waals surface area contributed by atoms with E-state index in [1.807, 2.05) is 18.5 Å². The number of amides is 1. The second-order valence-electron chi connectivity index (χ2n) is 6.19. The van der Waals surface area contributed by atoms with E-state index >= 15 is 0 Å². The molecule has 3 aromatic heterocycles. The Morgan fingerprint density at radius 1 is 1.24 bits per heavy atom. The zero-order valence-electron chi connectivity index (χ0n) is 14.1. The Labute approximate surface area is 143 Å². The number of aromatic nitrogens is 4. The van der Waals surface area contributed by atoms with Crippen LogP contribution in [0.15, 0.2) is 41.1 Å². The van der Waals surface area contributed by atoms with Crippen LogP contribution in [-0.4, -0.2) is 25.7 Å². The second-order valence-corrected chi connectivity index (χ2v) is 6.19. The van der Waals surface area contributed by atoms with Gasteiger partial charge in [-0.15, -0.1) is 0 Å².